The van der Waals surface area contributed by atoms with Crippen LogP contribution in [0.3, 0.4) is 0 Å². The Labute approximate surface area is 120 Å². The van der Waals surface area contributed by atoms with Crippen LogP contribution in [-0.4, -0.2) is 10.9 Å². The molecule has 0 fully saturated rings. The van der Waals surface area contributed by atoms with E-state index in [1.807, 2.05) is 11.4 Å². The maximum absolute atomic E-state index is 11.8. The molecule has 0 radical (unpaired) electrons. The molecule has 0 atom stereocenters. The standard InChI is InChI=1S/C11H8Br2N2OS/c12-8-3-4-17-9(8)6-15-11(16)7-1-2-10(13)14-5-7/h1-5H,6H2,(H,15,16). The smallest absolute Gasteiger partial charge is 0.253 e. The Hall–Kier alpha value is -0.720. The average molecular weight is 376 g/mol. The van der Waals surface area contributed by atoms with E-state index in [2.05, 4.69) is 42.2 Å². The fraction of sp³-hybridized carbons (Fsp3) is 0.0909. The number of nitrogens with zero attached hydrogens (tertiary/aromatic N) is 1. The Bertz CT molecular complexity index is 525. The Morgan fingerprint density at radius 3 is 2.76 bits per heavy atom. The van der Waals surface area contributed by atoms with Crippen LogP contribution in [0.5, 0.6) is 0 Å². The van der Waals surface area contributed by atoms with Crippen LogP contribution < -0.4 is 5.32 Å². The van der Waals surface area contributed by atoms with Gasteiger partial charge in [-0.05, 0) is 55.4 Å². The second kappa shape index (κ2) is 5.75. The van der Waals surface area contributed by atoms with Crippen LogP contribution in [0, 0.1) is 0 Å². The first-order chi connectivity index (χ1) is 8.16. The Morgan fingerprint density at radius 2 is 2.18 bits per heavy atom. The van der Waals surface area contributed by atoms with Gasteiger partial charge in [-0.15, -0.1) is 11.3 Å². The Kier molecular flexibility index (Phi) is 4.31. The van der Waals surface area contributed by atoms with Crippen LogP contribution in [0.1, 0.15) is 15.2 Å². The third-order valence-corrected chi connectivity index (χ3v) is 4.49. The number of carbonyl (C=O) groups excluding carboxylic acids is 1. The van der Waals surface area contributed by atoms with E-state index in [4.69, 9.17) is 0 Å². The van der Waals surface area contributed by atoms with E-state index in [0.29, 0.717) is 12.1 Å². The predicted octanol–water partition coefficient (Wildman–Crippen LogP) is 3.60. The third kappa shape index (κ3) is 3.37. The lowest BCUT2D eigenvalue weighted by atomic mass is 10.3. The van der Waals surface area contributed by atoms with Crippen molar-refractivity contribution in [3.05, 3.63) is 49.3 Å². The molecule has 6 heteroatoms. The number of hydrogen-bond donors (Lipinski definition) is 1. The van der Waals surface area contributed by atoms with Crippen molar-refractivity contribution >= 4 is 49.1 Å². The van der Waals surface area contributed by atoms with Crippen molar-refractivity contribution in [1.29, 1.82) is 0 Å². The first kappa shape index (κ1) is 12.7. The van der Waals surface area contributed by atoms with Crippen molar-refractivity contribution in [1.82, 2.24) is 10.3 Å². The van der Waals surface area contributed by atoms with Gasteiger partial charge in [0.1, 0.15) is 4.60 Å². The minimum absolute atomic E-state index is 0.120. The summed E-state index contributed by atoms with van der Waals surface area (Å²) < 4.78 is 1.74. The molecule has 0 saturated heterocycles. The highest BCUT2D eigenvalue weighted by atomic mass is 79.9. The van der Waals surface area contributed by atoms with Gasteiger partial charge in [-0.1, -0.05) is 0 Å². The van der Waals surface area contributed by atoms with Gasteiger partial charge in [0.2, 0.25) is 0 Å². The van der Waals surface area contributed by atoms with E-state index in [9.17, 15) is 4.79 Å². The van der Waals surface area contributed by atoms with Gasteiger partial charge < -0.3 is 5.32 Å². The van der Waals surface area contributed by atoms with Crippen molar-refractivity contribution in [3.8, 4) is 0 Å². The van der Waals surface area contributed by atoms with E-state index < -0.39 is 0 Å². The van der Waals surface area contributed by atoms with Crippen LogP contribution in [0.2, 0.25) is 0 Å². The van der Waals surface area contributed by atoms with Gasteiger partial charge in [-0.3, -0.25) is 4.79 Å². The lowest BCUT2D eigenvalue weighted by molar-refractivity contribution is 0.0951. The summed E-state index contributed by atoms with van der Waals surface area (Å²) >= 11 is 8.25. The summed E-state index contributed by atoms with van der Waals surface area (Å²) in [5, 5.41) is 4.83. The molecule has 0 aliphatic heterocycles. The lowest BCUT2D eigenvalue weighted by Gasteiger charge is -2.04. The van der Waals surface area contributed by atoms with Gasteiger partial charge in [0.25, 0.3) is 5.91 Å². The zero-order valence-electron chi connectivity index (χ0n) is 8.61. The van der Waals surface area contributed by atoms with Crippen molar-refractivity contribution < 1.29 is 4.79 Å². The summed E-state index contributed by atoms with van der Waals surface area (Å²) in [4.78, 5) is 16.9. The molecule has 1 N–H and O–H groups in total. The minimum atomic E-state index is -0.120. The number of hydrogen-bond acceptors (Lipinski definition) is 3. The number of amides is 1. The van der Waals surface area contributed by atoms with Crippen molar-refractivity contribution in [2.75, 3.05) is 0 Å². The number of rotatable bonds is 3. The van der Waals surface area contributed by atoms with E-state index in [1.165, 1.54) is 0 Å². The Balaban J connectivity index is 1.98. The van der Waals surface area contributed by atoms with Crippen LogP contribution in [-0.2, 0) is 6.54 Å². The molecule has 88 valence electrons. The summed E-state index contributed by atoms with van der Waals surface area (Å²) in [5.41, 5.74) is 0.556. The van der Waals surface area contributed by atoms with E-state index in [1.54, 1.807) is 29.7 Å². The normalized spacial score (nSPS) is 10.2. The third-order valence-electron chi connectivity index (χ3n) is 2.09. The Morgan fingerprint density at radius 1 is 1.35 bits per heavy atom. The van der Waals surface area contributed by atoms with Gasteiger partial charge in [0, 0.05) is 15.5 Å². The average Bonchev–Trinajstić information content (AvgIpc) is 2.73. The van der Waals surface area contributed by atoms with Crippen LogP contribution in [0.25, 0.3) is 0 Å². The first-order valence-corrected chi connectivity index (χ1v) is 7.25. The zero-order chi connectivity index (χ0) is 12.3. The van der Waals surface area contributed by atoms with E-state index in [-0.39, 0.29) is 5.91 Å². The summed E-state index contributed by atoms with van der Waals surface area (Å²) in [7, 11) is 0. The molecule has 0 spiro atoms. The molecule has 0 saturated carbocycles. The molecular formula is C11H8Br2N2OS. The summed E-state index contributed by atoms with van der Waals surface area (Å²) in [6, 6.07) is 5.44. The number of aromatic nitrogens is 1. The lowest BCUT2D eigenvalue weighted by Crippen LogP contribution is -2.22. The largest absolute Gasteiger partial charge is 0.347 e. The van der Waals surface area contributed by atoms with Crippen molar-refractivity contribution in [2.24, 2.45) is 0 Å². The molecule has 3 nitrogen and oxygen atoms in total. The maximum Gasteiger partial charge on any atom is 0.253 e. The van der Waals surface area contributed by atoms with Crippen LogP contribution >= 0.6 is 43.2 Å². The monoisotopic (exact) mass is 374 g/mol. The van der Waals surface area contributed by atoms with Gasteiger partial charge in [0.05, 0.1) is 12.1 Å². The molecule has 2 heterocycles. The number of thiophene rings is 1. The molecular weight excluding hydrogens is 368 g/mol. The van der Waals surface area contributed by atoms with Crippen molar-refractivity contribution in [3.63, 3.8) is 0 Å². The molecule has 0 aliphatic rings. The van der Waals surface area contributed by atoms with Gasteiger partial charge in [-0.25, -0.2) is 4.98 Å². The van der Waals surface area contributed by atoms with Crippen LogP contribution in [0.4, 0.5) is 0 Å². The quantitative estimate of drug-likeness (QED) is 0.832. The highest BCUT2D eigenvalue weighted by Gasteiger charge is 2.07. The number of pyridine rings is 1. The molecule has 2 aromatic rings. The molecule has 2 rings (SSSR count). The minimum Gasteiger partial charge on any atom is -0.347 e. The molecule has 2 aromatic heterocycles. The van der Waals surface area contributed by atoms with E-state index >= 15 is 0 Å². The molecule has 0 unspecified atom stereocenters. The number of carbonyl (C=O) groups is 1. The second-order valence-electron chi connectivity index (χ2n) is 3.24. The molecule has 1 amide bonds. The van der Waals surface area contributed by atoms with Gasteiger partial charge >= 0.3 is 0 Å². The SMILES string of the molecule is O=C(NCc1sccc1Br)c1ccc(Br)nc1. The second-order valence-corrected chi connectivity index (χ2v) is 5.91. The van der Waals surface area contributed by atoms with Gasteiger partial charge in [-0.2, -0.15) is 0 Å². The van der Waals surface area contributed by atoms with Crippen molar-refractivity contribution in [2.45, 2.75) is 6.54 Å². The van der Waals surface area contributed by atoms with Gasteiger partial charge in [0.15, 0.2) is 0 Å². The fourth-order valence-electron chi connectivity index (χ4n) is 1.22. The molecule has 17 heavy (non-hydrogen) atoms. The molecule has 0 aromatic carbocycles. The zero-order valence-corrected chi connectivity index (χ0v) is 12.6. The van der Waals surface area contributed by atoms with E-state index in [0.717, 1.165) is 14.0 Å². The first-order valence-electron chi connectivity index (χ1n) is 4.78. The fourth-order valence-corrected chi connectivity index (χ4v) is 2.89. The highest BCUT2D eigenvalue weighted by Crippen LogP contribution is 2.22. The predicted molar refractivity (Wildman–Crippen MR) is 75.1 cm³/mol. The topological polar surface area (TPSA) is 42.0 Å². The highest BCUT2D eigenvalue weighted by molar-refractivity contribution is 9.10. The summed E-state index contributed by atoms with van der Waals surface area (Å²) in [6.07, 6.45) is 1.54. The number of nitrogens with one attached hydrogen (secondary N) is 1. The molecule has 0 aliphatic carbocycles. The summed E-state index contributed by atoms with van der Waals surface area (Å²) in [6.45, 7) is 0.521. The maximum atomic E-state index is 11.8. The summed E-state index contributed by atoms with van der Waals surface area (Å²) in [5.74, 6) is -0.120. The van der Waals surface area contributed by atoms with Crippen LogP contribution in [0.15, 0.2) is 38.9 Å². The number of halogens is 2. The molecule has 0 bridgehead atoms.